The first kappa shape index (κ1) is 31.3. The number of ether oxygens (including phenoxy) is 2. The van der Waals surface area contributed by atoms with E-state index in [0.717, 1.165) is 5.56 Å². The molecule has 0 atom stereocenters. The van der Waals surface area contributed by atoms with E-state index in [2.05, 4.69) is 17.1 Å². The van der Waals surface area contributed by atoms with Crippen molar-refractivity contribution in [2.75, 3.05) is 17.5 Å². The molecule has 0 bridgehead atoms. The average Bonchev–Trinajstić information content (AvgIpc) is 3.01. The van der Waals surface area contributed by atoms with Gasteiger partial charge in [-0.15, -0.1) is 0 Å². The van der Waals surface area contributed by atoms with Gasteiger partial charge in [0.1, 0.15) is 6.61 Å². The third-order valence-corrected chi connectivity index (χ3v) is 8.33. The zero-order chi connectivity index (χ0) is 30.8. The predicted molar refractivity (Wildman–Crippen MR) is 171 cm³/mol. The van der Waals surface area contributed by atoms with Crippen molar-refractivity contribution in [2.45, 2.75) is 25.3 Å². The Morgan fingerprint density at radius 2 is 1.72 bits per heavy atom. The van der Waals surface area contributed by atoms with E-state index in [0.29, 0.717) is 52.1 Å². The number of hydrazone groups is 1. The summed E-state index contributed by atoms with van der Waals surface area (Å²) in [7, 11) is -3.92. The highest BCUT2D eigenvalue weighted by Gasteiger charge is 2.26. The summed E-state index contributed by atoms with van der Waals surface area (Å²) in [6, 6.07) is 25.4. The Morgan fingerprint density at radius 1 is 0.977 bits per heavy atom. The van der Waals surface area contributed by atoms with Gasteiger partial charge in [-0.25, -0.2) is 13.8 Å². The van der Waals surface area contributed by atoms with Crippen molar-refractivity contribution >= 4 is 39.4 Å². The van der Waals surface area contributed by atoms with Gasteiger partial charge in [0.05, 0.1) is 29.9 Å². The fourth-order valence-electron chi connectivity index (χ4n) is 4.17. The molecule has 0 aromatic heterocycles. The molecule has 0 saturated carbocycles. The van der Waals surface area contributed by atoms with Crippen molar-refractivity contribution in [3.63, 3.8) is 0 Å². The van der Waals surface area contributed by atoms with E-state index in [-0.39, 0.29) is 11.4 Å². The van der Waals surface area contributed by atoms with Crippen LogP contribution in [0, 0.1) is 6.92 Å². The average molecular weight is 618 g/mol. The summed E-state index contributed by atoms with van der Waals surface area (Å²) in [5.41, 5.74) is 5.50. The molecule has 0 heterocycles. The van der Waals surface area contributed by atoms with Crippen molar-refractivity contribution in [3.8, 4) is 11.5 Å². The van der Waals surface area contributed by atoms with Crippen LogP contribution in [0.4, 0.5) is 5.69 Å². The standard InChI is InChI=1S/C33H32ClN3O5S/c1-4-19-42-31-18-14-26(20-32(31)41-5-2)22-35-36-33(38)27-15-12-25(13-16-27)23-37(30-21-28(34)17-11-24(30)3)43(39,40)29-9-7-6-8-10-29/h4,6-18,20-22H,1,5,19,23H2,2-3H3,(H,36,38). The summed E-state index contributed by atoms with van der Waals surface area (Å²) in [5, 5.41) is 4.49. The number of aryl methyl sites for hydroxylation is 1. The highest BCUT2D eigenvalue weighted by Crippen LogP contribution is 2.31. The summed E-state index contributed by atoms with van der Waals surface area (Å²) in [4.78, 5) is 12.9. The van der Waals surface area contributed by atoms with E-state index in [1.54, 1.807) is 97.1 Å². The highest BCUT2D eigenvalue weighted by atomic mass is 35.5. The smallest absolute Gasteiger partial charge is 0.271 e. The molecule has 8 nitrogen and oxygen atoms in total. The maximum absolute atomic E-state index is 13.7. The van der Waals surface area contributed by atoms with Crippen molar-refractivity contribution in [3.05, 3.63) is 131 Å². The van der Waals surface area contributed by atoms with Crippen LogP contribution in [0.3, 0.4) is 0 Å². The number of amides is 1. The van der Waals surface area contributed by atoms with Gasteiger partial charge in [0, 0.05) is 10.6 Å². The van der Waals surface area contributed by atoms with Gasteiger partial charge in [-0.1, -0.05) is 60.7 Å². The number of hydrogen-bond acceptors (Lipinski definition) is 6. The molecule has 0 saturated heterocycles. The summed E-state index contributed by atoms with van der Waals surface area (Å²) in [6.45, 7) is 8.21. The number of carbonyl (C=O) groups excluding carboxylic acids is 1. The van der Waals surface area contributed by atoms with E-state index in [1.165, 1.54) is 10.5 Å². The normalized spacial score (nSPS) is 11.2. The van der Waals surface area contributed by atoms with E-state index < -0.39 is 15.9 Å². The first-order valence-electron chi connectivity index (χ1n) is 13.5. The molecule has 1 N–H and O–H groups in total. The number of nitrogens with zero attached hydrogens (tertiary/aromatic N) is 2. The van der Waals surface area contributed by atoms with Crippen molar-refractivity contribution in [1.82, 2.24) is 5.43 Å². The number of halogens is 1. The number of benzene rings is 4. The van der Waals surface area contributed by atoms with Gasteiger partial charge in [-0.2, -0.15) is 5.10 Å². The molecule has 10 heteroatoms. The SMILES string of the molecule is C=CCOc1ccc(C=NNC(=O)c2ccc(CN(c3cc(Cl)ccc3C)S(=O)(=O)c3ccccc3)cc2)cc1OCC. The molecule has 0 aliphatic carbocycles. The topological polar surface area (TPSA) is 97.3 Å². The lowest BCUT2D eigenvalue weighted by atomic mass is 10.1. The Kier molecular flexibility index (Phi) is 10.6. The fourth-order valence-corrected chi connectivity index (χ4v) is 5.87. The van der Waals surface area contributed by atoms with Crippen LogP contribution in [0.15, 0.2) is 114 Å². The van der Waals surface area contributed by atoms with Crippen LogP contribution < -0.4 is 19.2 Å². The minimum atomic E-state index is -3.92. The molecule has 4 rings (SSSR count). The lowest BCUT2D eigenvalue weighted by Crippen LogP contribution is -2.31. The second kappa shape index (κ2) is 14.5. The Balaban J connectivity index is 1.49. The van der Waals surface area contributed by atoms with Crippen LogP contribution in [-0.2, 0) is 16.6 Å². The third kappa shape index (κ3) is 8.03. The van der Waals surface area contributed by atoms with Crippen molar-refractivity contribution in [2.24, 2.45) is 5.10 Å². The zero-order valence-electron chi connectivity index (χ0n) is 23.9. The number of sulfonamides is 1. The molecule has 1 amide bonds. The van der Waals surface area contributed by atoms with Crippen molar-refractivity contribution in [1.29, 1.82) is 0 Å². The Bertz CT molecular complexity index is 1710. The first-order valence-corrected chi connectivity index (χ1v) is 15.3. The molecule has 0 spiro atoms. The number of anilines is 1. The quantitative estimate of drug-likeness (QED) is 0.101. The van der Waals surface area contributed by atoms with Crippen LogP contribution in [0.25, 0.3) is 0 Å². The molecule has 0 aliphatic rings. The van der Waals surface area contributed by atoms with Gasteiger partial charge in [-0.05, 0) is 85.1 Å². The number of carbonyl (C=O) groups is 1. The maximum atomic E-state index is 13.7. The second-order valence-electron chi connectivity index (χ2n) is 9.39. The summed E-state index contributed by atoms with van der Waals surface area (Å²) in [5.74, 6) is 0.730. The van der Waals surface area contributed by atoms with Crippen molar-refractivity contribution < 1.29 is 22.7 Å². The minimum absolute atomic E-state index is 0.0349. The molecule has 0 unspecified atom stereocenters. The Labute approximate surface area is 257 Å². The van der Waals surface area contributed by atoms with Crippen LogP contribution in [-0.4, -0.2) is 33.8 Å². The molecule has 4 aromatic carbocycles. The monoisotopic (exact) mass is 617 g/mol. The second-order valence-corrected chi connectivity index (χ2v) is 11.7. The van der Waals surface area contributed by atoms with Gasteiger partial charge in [0.25, 0.3) is 15.9 Å². The van der Waals surface area contributed by atoms with Crippen LogP contribution in [0.1, 0.15) is 34.0 Å². The van der Waals surface area contributed by atoms with Gasteiger partial charge in [0.2, 0.25) is 0 Å². The highest BCUT2D eigenvalue weighted by molar-refractivity contribution is 7.92. The molecule has 0 fully saturated rings. The van der Waals surface area contributed by atoms with Gasteiger partial charge < -0.3 is 9.47 Å². The number of hydrogen-bond donors (Lipinski definition) is 1. The molecular weight excluding hydrogens is 586 g/mol. The van der Waals surface area contributed by atoms with Gasteiger partial charge >= 0.3 is 0 Å². The minimum Gasteiger partial charge on any atom is -0.490 e. The van der Waals surface area contributed by atoms with Crippen LogP contribution in [0.2, 0.25) is 5.02 Å². The van der Waals surface area contributed by atoms with Gasteiger partial charge in [-0.3, -0.25) is 9.10 Å². The largest absolute Gasteiger partial charge is 0.490 e. The van der Waals surface area contributed by atoms with E-state index in [4.69, 9.17) is 21.1 Å². The molecular formula is C33H32ClN3O5S. The summed E-state index contributed by atoms with van der Waals surface area (Å²) >= 11 is 6.25. The predicted octanol–water partition coefficient (Wildman–Crippen LogP) is 6.77. The molecule has 0 aliphatic heterocycles. The molecule has 4 aromatic rings. The number of nitrogens with one attached hydrogen (secondary N) is 1. The third-order valence-electron chi connectivity index (χ3n) is 6.32. The fraction of sp³-hybridized carbons (Fsp3) is 0.152. The van der Waals surface area contributed by atoms with Crippen LogP contribution >= 0.6 is 11.6 Å². The maximum Gasteiger partial charge on any atom is 0.271 e. The number of rotatable bonds is 13. The summed E-state index contributed by atoms with van der Waals surface area (Å²) < 4.78 is 40.0. The summed E-state index contributed by atoms with van der Waals surface area (Å²) in [6.07, 6.45) is 3.15. The lowest BCUT2D eigenvalue weighted by Gasteiger charge is -2.26. The van der Waals surface area contributed by atoms with Gasteiger partial charge in [0.15, 0.2) is 11.5 Å². The van der Waals surface area contributed by atoms with E-state index in [1.807, 2.05) is 13.8 Å². The molecule has 0 radical (unpaired) electrons. The van der Waals surface area contributed by atoms with E-state index in [9.17, 15) is 13.2 Å². The molecule has 222 valence electrons. The van der Waals surface area contributed by atoms with E-state index >= 15 is 0 Å². The Hall–Kier alpha value is -4.60. The zero-order valence-corrected chi connectivity index (χ0v) is 25.4. The Morgan fingerprint density at radius 3 is 2.42 bits per heavy atom. The molecule has 43 heavy (non-hydrogen) atoms. The first-order chi connectivity index (χ1) is 20.7. The van der Waals surface area contributed by atoms with Crippen LogP contribution in [0.5, 0.6) is 11.5 Å². The lowest BCUT2D eigenvalue weighted by molar-refractivity contribution is 0.0955.